The Morgan fingerprint density at radius 2 is 1.79 bits per heavy atom. The first-order chi connectivity index (χ1) is 15.9. The lowest BCUT2D eigenvalue weighted by atomic mass is 10.1. The van der Waals surface area contributed by atoms with Crippen LogP contribution in [0.25, 0.3) is 17.4 Å². The average molecular weight is 487 g/mol. The van der Waals surface area contributed by atoms with E-state index in [2.05, 4.69) is 10.6 Å². The molecule has 0 atom stereocenters. The van der Waals surface area contributed by atoms with Crippen molar-refractivity contribution < 1.29 is 18.7 Å². The second-order valence-corrected chi connectivity index (χ2v) is 8.13. The van der Waals surface area contributed by atoms with Gasteiger partial charge in [0, 0.05) is 37.5 Å². The van der Waals surface area contributed by atoms with Crippen LogP contribution in [0.3, 0.4) is 0 Å². The molecule has 2 N–H and O–H groups in total. The average Bonchev–Trinajstić information content (AvgIpc) is 3.27. The number of furan rings is 1. The van der Waals surface area contributed by atoms with Crippen molar-refractivity contribution in [3.05, 3.63) is 87.2 Å². The number of amides is 2. The van der Waals surface area contributed by atoms with Gasteiger partial charge in [-0.1, -0.05) is 40.9 Å². The number of methoxy groups -OCH3 is 1. The number of rotatable bonds is 9. The molecule has 0 saturated carbocycles. The van der Waals surface area contributed by atoms with E-state index in [1.165, 1.54) is 6.08 Å². The molecule has 0 fully saturated rings. The molecule has 33 heavy (non-hydrogen) atoms. The van der Waals surface area contributed by atoms with Gasteiger partial charge in [-0.3, -0.25) is 9.59 Å². The molecule has 0 spiro atoms. The minimum Gasteiger partial charge on any atom is -0.457 e. The van der Waals surface area contributed by atoms with Gasteiger partial charge in [0.1, 0.15) is 17.2 Å². The summed E-state index contributed by atoms with van der Waals surface area (Å²) in [6, 6.07) is 15.7. The van der Waals surface area contributed by atoms with Crippen LogP contribution >= 0.6 is 23.2 Å². The van der Waals surface area contributed by atoms with Crippen molar-refractivity contribution in [2.75, 3.05) is 20.3 Å². The van der Waals surface area contributed by atoms with Crippen molar-refractivity contribution in [1.29, 1.82) is 0 Å². The van der Waals surface area contributed by atoms with Crippen molar-refractivity contribution in [1.82, 2.24) is 10.6 Å². The maximum atomic E-state index is 12.8. The molecule has 2 aromatic carbocycles. The highest BCUT2D eigenvalue weighted by Gasteiger charge is 2.16. The molecule has 0 unspecified atom stereocenters. The number of carbonyl (C=O) groups is 2. The van der Waals surface area contributed by atoms with Crippen LogP contribution in [0.2, 0.25) is 10.0 Å². The number of halogens is 2. The van der Waals surface area contributed by atoms with Crippen LogP contribution in [0.4, 0.5) is 0 Å². The highest BCUT2D eigenvalue weighted by Crippen LogP contribution is 2.30. The molecule has 172 valence electrons. The zero-order valence-electron chi connectivity index (χ0n) is 18.3. The van der Waals surface area contributed by atoms with Gasteiger partial charge in [-0.25, -0.2) is 0 Å². The van der Waals surface area contributed by atoms with Crippen LogP contribution in [0, 0.1) is 6.92 Å². The van der Waals surface area contributed by atoms with E-state index in [9.17, 15) is 9.59 Å². The van der Waals surface area contributed by atoms with E-state index in [0.29, 0.717) is 46.7 Å². The number of benzene rings is 2. The molecule has 8 heteroatoms. The molecule has 0 aliphatic heterocycles. The Balaban J connectivity index is 1.83. The van der Waals surface area contributed by atoms with Crippen LogP contribution < -0.4 is 10.6 Å². The Morgan fingerprint density at radius 3 is 2.48 bits per heavy atom. The minimum absolute atomic E-state index is 0.0630. The Hall–Kier alpha value is -3.06. The van der Waals surface area contributed by atoms with Gasteiger partial charge in [0.2, 0.25) is 0 Å². The number of carbonyl (C=O) groups excluding carboxylic acids is 2. The summed E-state index contributed by atoms with van der Waals surface area (Å²) >= 11 is 12.1. The number of hydrogen-bond acceptors (Lipinski definition) is 4. The molecular weight excluding hydrogens is 463 g/mol. The van der Waals surface area contributed by atoms with Gasteiger partial charge < -0.3 is 19.8 Å². The fourth-order valence-electron chi connectivity index (χ4n) is 2.95. The lowest BCUT2D eigenvalue weighted by Crippen LogP contribution is -2.35. The van der Waals surface area contributed by atoms with E-state index in [1.807, 2.05) is 19.1 Å². The highest BCUT2D eigenvalue weighted by molar-refractivity contribution is 6.42. The maximum absolute atomic E-state index is 12.8. The van der Waals surface area contributed by atoms with Crippen molar-refractivity contribution in [2.24, 2.45) is 0 Å². The Morgan fingerprint density at radius 1 is 1.03 bits per heavy atom. The summed E-state index contributed by atoms with van der Waals surface area (Å²) in [5.74, 6) is 0.107. The van der Waals surface area contributed by atoms with Crippen LogP contribution in [0.5, 0.6) is 0 Å². The fraction of sp³-hybridized carbons (Fsp3) is 0.200. The second kappa shape index (κ2) is 11.7. The molecule has 2 amide bonds. The molecule has 0 radical (unpaired) electrons. The third-order valence-corrected chi connectivity index (χ3v) is 5.47. The summed E-state index contributed by atoms with van der Waals surface area (Å²) in [4.78, 5) is 25.5. The largest absolute Gasteiger partial charge is 0.457 e. The van der Waals surface area contributed by atoms with Gasteiger partial charge in [0.15, 0.2) is 0 Å². The second-order valence-electron chi connectivity index (χ2n) is 7.31. The summed E-state index contributed by atoms with van der Waals surface area (Å²) in [6.07, 6.45) is 2.13. The highest BCUT2D eigenvalue weighted by atomic mass is 35.5. The lowest BCUT2D eigenvalue weighted by molar-refractivity contribution is -0.117. The van der Waals surface area contributed by atoms with Gasteiger partial charge in [0.25, 0.3) is 11.8 Å². The summed E-state index contributed by atoms with van der Waals surface area (Å²) in [5, 5.41) is 6.32. The predicted octanol–water partition coefficient (Wildman–Crippen LogP) is 5.49. The first kappa shape index (κ1) is 24.6. The predicted molar refractivity (Wildman–Crippen MR) is 130 cm³/mol. The van der Waals surface area contributed by atoms with Crippen LogP contribution in [0.15, 0.2) is 64.7 Å². The summed E-state index contributed by atoms with van der Waals surface area (Å²) < 4.78 is 10.9. The zero-order valence-corrected chi connectivity index (χ0v) is 19.8. The lowest BCUT2D eigenvalue weighted by Gasteiger charge is -2.11. The Labute approximate surface area is 202 Å². The van der Waals surface area contributed by atoms with Gasteiger partial charge >= 0.3 is 0 Å². The number of ether oxygens (including phenoxy) is 1. The summed E-state index contributed by atoms with van der Waals surface area (Å²) in [7, 11) is 1.59. The number of nitrogens with one attached hydrogen (secondary N) is 2. The van der Waals surface area contributed by atoms with E-state index in [4.69, 9.17) is 32.4 Å². The van der Waals surface area contributed by atoms with Crippen LogP contribution in [-0.4, -0.2) is 32.1 Å². The molecule has 1 aromatic heterocycles. The first-order valence-electron chi connectivity index (χ1n) is 10.3. The van der Waals surface area contributed by atoms with E-state index >= 15 is 0 Å². The minimum atomic E-state index is -0.431. The van der Waals surface area contributed by atoms with Gasteiger partial charge in [-0.05, 0) is 55.8 Å². The van der Waals surface area contributed by atoms with Gasteiger partial charge in [-0.2, -0.15) is 0 Å². The Bertz CT molecular complexity index is 1150. The van der Waals surface area contributed by atoms with Crippen LogP contribution in [0.1, 0.15) is 28.1 Å². The van der Waals surface area contributed by atoms with Crippen molar-refractivity contribution in [2.45, 2.75) is 13.3 Å². The Kier molecular flexibility index (Phi) is 8.72. The van der Waals surface area contributed by atoms with Gasteiger partial charge in [0.05, 0.1) is 10.0 Å². The van der Waals surface area contributed by atoms with E-state index in [-0.39, 0.29) is 5.70 Å². The monoisotopic (exact) mass is 486 g/mol. The van der Waals surface area contributed by atoms with Crippen LogP contribution in [-0.2, 0) is 9.53 Å². The quantitative estimate of drug-likeness (QED) is 0.309. The molecule has 6 nitrogen and oxygen atoms in total. The third kappa shape index (κ3) is 6.96. The molecule has 1 heterocycles. The normalized spacial score (nSPS) is 11.3. The van der Waals surface area contributed by atoms with Crippen molar-refractivity contribution in [3.8, 4) is 11.3 Å². The van der Waals surface area contributed by atoms with E-state index in [0.717, 1.165) is 11.1 Å². The smallest absolute Gasteiger partial charge is 0.267 e. The molecule has 0 aliphatic rings. The summed E-state index contributed by atoms with van der Waals surface area (Å²) in [6.45, 7) is 2.85. The third-order valence-electron chi connectivity index (χ3n) is 4.73. The SMILES string of the molecule is COCCCNC(=O)/C(=C/c1ccc(-c2ccc(Cl)c(Cl)c2)o1)NC(=O)c1ccc(C)cc1. The molecule has 3 rings (SSSR count). The summed E-state index contributed by atoms with van der Waals surface area (Å²) in [5.41, 5.74) is 2.27. The maximum Gasteiger partial charge on any atom is 0.267 e. The van der Waals surface area contributed by atoms with Crippen molar-refractivity contribution >= 4 is 41.1 Å². The standard InChI is InChI=1S/C25H24Cl2N2O4/c1-16-4-6-17(7-5-16)24(30)29-22(25(31)28-12-3-13-32-2)15-19-9-11-23(33-19)18-8-10-20(26)21(27)14-18/h4-11,14-15H,3,12-13H2,1-2H3,(H,28,31)(H,29,30)/b22-15-. The van der Waals surface area contributed by atoms with E-state index in [1.54, 1.807) is 49.6 Å². The number of aryl methyl sites for hydroxylation is 1. The number of hydrogen-bond donors (Lipinski definition) is 2. The zero-order chi connectivity index (χ0) is 23.8. The first-order valence-corrected chi connectivity index (χ1v) is 11.0. The fourth-order valence-corrected chi connectivity index (χ4v) is 3.25. The van der Waals surface area contributed by atoms with Gasteiger partial charge in [-0.15, -0.1) is 0 Å². The molecule has 0 aliphatic carbocycles. The van der Waals surface area contributed by atoms with Crippen molar-refractivity contribution in [3.63, 3.8) is 0 Å². The molecule has 0 saturated heterocycles. The topological polar surface area (TPSA) is 80.6 Å². The van der Waals surface area contributed by atoms with E-state index < -0.39 is 11.8 Å². The molecular formula is C25H24Cl2N2O4. The molecule has 3 aromatic rings. The molecule has 0 bridgehead atoms.